The lowest BCUT2D eigenvalue weighted by Crippen LogP contribution is -2.49. The highest BCUT2D eigenvalue weighted by molar-refractivity contribution is 5.95. The van der Waals surface area contributed by atoms with Crippen LogP contribution in [0.25, 0.3) is 10.9 Å². The van der Waals surface area contributed by atoms with Crippen molar-refractivity contribution in [3.05, 3.63) is 47.9 Å². The molecule has 2 atom stereocenters. The molecule has 1 aromatic heterocycles. The number of nitrogens with zero attached hydrogens (tertiary/aromatic N) is 3. The maximum Gasteiger partial charge on any atom is 0.288 e. The maximum atomic E-state index is 13.7. The second kappa shape index (κ2) is 12.5. The van der Waals surface area contributed by atoms with Crippen LogP contribution in [0.15, 0.2) is 42.3 Å². The summed E-state index contributed by atoms with van der Waals surface area (Å²) in [5, 5.41) is 10.1. The quantitative estimate of drug-likeness (QED) is 0.520. The Balaban J connectivity index is 1.35. The van der Waals surface area contributed by atoms with Crippen LogP contribution in [0.4, 0.5) is 0 Å². The van der Waals surface area contributed by atoms with Crippen LogP contribution >= 0.6 is 0 Å². The van der Waals surface area contributed by atoms with E-state index in [4.69, 9.17) is 14.6 Å². The summed E-state index contributed by atoms with van der Waals surface area (Å²) in [6.07, 6.45) is 11.1. The topological polar surface area (TPSA) is 84.2 Å². The molecule has 3 aliphatic heterocycles. The summed E-state index contributed by atoms with van der Waals surface area (Å²) in [6, 6.07) is 8.44. The van der Waals surface area contributed by atoms with E-state index >= 15 is 0 Å². The number of unbranched alkanes of at least 4 members (excludes halogenated alkanes) is 1. The number of carbonyl (C=O) groups is 2. The largest absolute Gasteiger partial charge is 0.459 e. The summed E-state index contributed by atoms with van der Waals surface area (Å²) >= 11 is 0. The Morgan fingerprint density at radius 1 is 1.05 bits per heavy atom. The number of ether oxygens (including phenoxy) is 2. The molecule has 2 saturated heterocycles. The van der Waals surface area contributed by atoms with Crippen molar-refractivity contribution in [3.63, 3.8) is 0 Å². The van der Waals surface area contributed by atoms with Gasteiger partial charge in [-0.3, -0.25) is 14.2 Å². The van der Waals surface area contributed by atoms with Crippen LogP contribution in [-0.2, 0) is 14.3 Å². The minimum Gasteiger partial charge on any atom is -0.459 e. The normalized spacial score (nSPS) is 23.3. The summed E-state index contributed by atoms with van der Waals surface area (Å²) in [4.78, 5) is 30.6. The highest BCUT2D eigenvalue weighted by Crippen LogP contribution is 2.37. The van der Waals surface area contributed by atoms with Gasteiger partial charge in [-0.1, -0.05) is 24.6 Å². The molecule has 0 aliphatic carbocycles. The fourth-order valence-electron chi connectivity index (χ4n) is 6.19. The molecular weight excluding hydrogens is 482 g/mol. The van der Waals surface area contributed by atoms with Gasteiger partial charge in [0.1, 0.15) is 0 Å². The average molecular weight is 524 g/mol. The number of aromatic nitrogens is 1. The van der Waals surface area contributed by atoms with E-state index in [9.17, 15) is 9.59 Å². The first kappa shape index (κ1) is 26.9. The second-order valence-corrected chi connectivity index (χ2v) is 10.8. The minimum absolute atomic E-state index is 0.0480. The molecule has 5 rings (SSSR count). The molecule has 2 fully saturated rings. The molecule has 0 unspecified atom stereocenters. The van der Waals surface area contributed by atoms with Gasteiger partial charge in [0.05, 0.1) is 12.1 Å². The number of hydrogen-bond acceptors (Lipinski definition) is 6. The number of fused-ring (bicyclic) bond motifs is 1. The van der Waals surface area contributed by atoms with Gasteiger partial charge in [-0.15, -0.1) is 0 Å². The molecule has 1 aromatic carbocycles. The van der Waals surface area contributed by atoms with Crippen molar-refractivity contribution >= 4 is 22.7 Å². The fraction of sp³-hybridized carbons (Fsp3) is 0.600. The van der Waals surface area contributed by atoms with E-state index in [0.717, 1.165) is 48.8 Å². The van der Waals surface area contributed by atoms with Gasteiger partial charge >= 0.3 is 0 Å². The van der Waals surface area contributed by atoms with Crippen LogP contribution in [0.3, 0.4) is 0 Å². The average Bonchev–Trinajstić information content (AvgIpc) is 3.36. The van der Waals surface area contributed by atoms with Crippen LogP contribution in [0.2, 0.25) is 0 Å². The van der Waals surface area contributed by atoms with E-state index in [1.165, 1.54) is 32.4 Å². The number of para-hydroxylation sites is 1. The summed E-state index contributed by atoms with van der Waals surface area (Å²) in [6.45, 7) is 5.96. The van der Waals surface area contributed by atoms with Crippen LogP contribution < -0.4 is 0 Å². The summed E-state index contributed by atoms with van der Waals surface area (Å²) in [5.41, 5.74) is 1.86. The zero-order chi connectivity index (χ0) is 26.5. The molecule has 38 heavy (non-hydrogen) atoms. The third kappa shape index (κ3) is 5.98. The molecule has 8 nitrogen and oxygen atoms in total. The SMILES string of the molecule is CC(=O)n1cc([C@H]2C=C(C(=O)N3CCC(N4CCCCC4)CC3)O[C@@H](OCCCCO)C2)c2ccccc21. The number of carbonyl (C=O) groups excluding carboxylic acids is 2. The molecule has 0 spiro atoms. The number of aliphatic hydroxyl groups is 1. The van der Waals surface area contributed by atoms with E-state index in [1.54, 1.807) is 11.5 Å². The number of likely N-dealkylation sites (tertiary alicyclic amines) is 2. The Kier molecular flexibility index (Phi) is 8.82. The molecule has 1 amide bonds. The Morgan fingerprint density at radius 3 is 2.55 bits per heavy atom. The number of rotatable bonds is 8. The number of aliphatic hydroxyl groups excluding tert-OH is 1. The van der Waals surface area contributed by atoms with E-state index in [1.807, 2.05) is 41.4 Å². The fourth-order valence-corrected chi connectivity index (χ4v) is 6.19. The lowest BCUT2D eigenvalue weighted by atomic mass is 9.92. The van der Waals surface area contributed by atoms with Gasteiger partial charge < -0.3 is 24.4 Å². The van der Waals surface area contributed by atoms with Crippen LogP contribution in [0.5, 0.6) is 0 Å². The number of hydrogen-bond donors (Lipinski definition) is 1. The minimum atomic E-state index is -0.562. The number of amides is 1. The Bertz CT molecular complexity index is 1140. The third-order valence-electron chi connectivity index (χ3n) is 8.26. The lowest BCUT2D eigenvalue weighted by Gasteiger charge is -2.40. The van der Waals surface area contributed by atoms with Crippen molar-refractivity contribution in [2.45, 2.75) is 76.5 Å². The molecule has 206 valence electrons. The molecule has 4 heterocycles. The zero-order valence-electron chi connectivity index (χ0n) is 22.5. The Morgan fingerprint density at radius 2 is 1.82 bits per heavy atom. The van der Waals surface area contributed by atoms with Gasteiger partial charge in [0.15, 0.2) is 5.76 Å². The van der Waals surface area contributed by atoms with Crippen molar-refractivity contribution in [1.29, 1.82) is 0 Å². The highest BCUT2D eigenvalue weighted by Gasteiger charge is 2.34. The third-order valence-corrected chi connectivity index (χ3v) is 8.26. The summed E-state index contributed by atoms with van der Waals surface area (Å²) < 4.78 is 13.9. The second-order valence-electron chi connectivity index (χ2n) is 10.8. The smallest absolute Gasteiger partial charge is 0.288 e. The maximum absolute atomic E-state index is 13.7. The van der Waals surface area contributed by atoms with Gasteiger partial charge in [-0.2, -0.15) is 0 Å². The van der Waals surface area contributed by atoms with Gasteiger partial charge in [0.2, 0.25) is 12.2 Å². The van der Waals surface area contributed by atoms with Crippen LogP contribution in [0, 0.1) is 0 Å². The van der Waals surface area contributed by atoms with Crippen molar-refractivity contribution in [1.82, 2.24) is 14.4 Å². The first-order valence-corrected chi connectivity index (χ1v) is 14.3. The molecule has 1 N–H and O–H groups in total. The lowest BCUT2D eigenvalue weighted by molar-refractivity contribution is -0.153. The standard InChI is InChI=1S/C30H41N3O5/c1-22(35)33-21-26(25-9-3-4-10-27(25)33)23-19-28(38-29(20-23)37-18-8-7-17-34)30(36)32-15-11-24(12-16-32)31-13-5-2-6-14-31/h3-4,9-10,19,21,23-24,29,34H,2,5-8,11-18,20H2,1H3/t23-,29+/m0/s1. The van der Waals surface area contributed by atoms with Crippen molar-refractivity contribution in [3.8, 4) is 0 Å². The first-order chi connectivity index (χ1) is 18.5. The summed E-state index contributed by atoms with van der Waals surface area (Å²) in [7, 11) is 0. The van der Waals surface area contributed by atoms with E-state index in [-0.39, 0.29) is 24.3 Å². The molecule has 8 heteroatoms. The van der Waals surface area contributed by atoms with Gasteiger partial charge in [-0.05, 0) is 69.3 Å². The summed E-state index contributed by atoms with van der Waals surface area (Å²) in [5.74, 6) is 0.0886. The first-order valence-electron chi connectivity index (χ1n) is 14.3. The molecule has 2 aromatic rings. The zero-order valence-corrected chi connectivity index (χ0v) is 22.5. The Labute approximate surface area is 225 Å². The molecule has 0 saturated carbocycles. The van der Waals surface area contributed by atoms with Gasteiger partial charge in [0, 0.05) is 56.6 Å². The predicted molar refractivity (Wildman–Crippen MR) is 146 cm³/mol. The highest BCUT2D eigenvalue weighted by atomic mass is 16.7. The molecule has 0 radical (unpaired) electrons. The van der Waals surface area contributed by atoms with E-state index < -0.39 is 6.29 Å². The molecule has 0 bridgehead atoms. The monoisotopic (exact) mass is 523 g/mol. The van der Waals surface area contributed by atoms with Crippen molar-refractivity contribution in [2.24, 2.45) is 0 Å². The van der Waals surface area contributed by atoms with E-state index in [0.29, 0.717) is 31.2 Å². The van der Waals surface area contributed by atoms with E-state index in [2.05, 4.69) is 4.90 Å². The van der Waals surface area contributed by atoms with Gasteiger partial charge in [-0.25, -0.2) is 0 Å². The number of allylic oxidation sites excluding steroid dienone is 1. The van der Waals surface area contributed by atoms with Crippen LogP contribution in [-0.4, -0.2) is 83.0 Å². The number of benzene rings is 1. The Hall–Kier alpha value is -2.68. The van der Waals surface area contributed by atoms with Crippen LogP contribution in [0.1, 0.15) is 74.6 Å². The number of piperidine rings is 2. The van der Waals surface area contributed by atoms with Crippen molar-refractivity contribution in [2.75, 3.05) is 39.4 Å². The molecular formula is C30H41N3O5. The van der Waals surface area contributed by atoms with Crippen molar-refractivity contribution < 1.29 is 24.2 Å². The predicted octanol–water partition coefficient (Wildman–Crippen LogP) is 4.28. The molecule has 3 aliphatic rings. The van der Waals surface area contributed by atoms with Gasteiger partial charge in [0.25, 0.3) is 5.91 Å².